The van der Waals surface area contributed by atoms with E-state index < -0.39 is 15.9 Å². The summed E-state index contributed by atoms with van der Waals surface area (Å²) in [4.78, 5) is 11.0. The highest BCUT2D eigenvalue weighted by molar-refractivity contribution is 7.89. The number of carbonyl (C=O) groups excluding carboxylic acids is 1. The number of benzene rings is 1. The van der Waals surface area contributed by atoms with Crippen molar-refractivity contribution < 1.29 is 22.8 Å². The lowest BCUT2D eigenvalue weighted by Crippen LogP contribution is -2.23. The van der Waals surface area contributed by atoms with E-state index in [9.17, 15) is 13.2 Å². The Kier molecular flexibility index (Phi) is 5.10. The summed E-state index contributed by atoms with van der Waals surface area (Å²) in [6, 6.07) is 9.36. The lowest BCUT2D eigenvalue weighted by Gasteiger charge is -2.06. The highest BCUT2D eigenvalue weighted by Crippen LogP contribution is 2.13. The van der Waals surface area contributed by atoms with Crippen LogP contribution in [0.3, 0.4) is 0 Å². The normalized spacial score (nSPS) is 11.7. The van der Waals surface area contributed by atoms with Crippen LogP contribution in [-0.2, 0) is 21.4 Å². The van der Waals surface area contributed by atoms with Gasteiger partial charge in [-0.15, -0.1) is 0 Å². The average molecular weight is 322 g/mol. The largest absolute Gasteiger partial charge is 0.468 e. The molecule has 1 aromatic heterocycles. The number of nitrogens with one attached hydrogen (secondary N) is 2. The van der Waals surface area contributed by atoms with Gasteiger partial charge in [0.25, 0.3) is 5.91 Å². The van der Waals surface area contributed by atoms with Gasteiger partial charge in [0.15, 0.2) is 0 Å². The molecule has 0 fully saturated rings. The quantitative estimate of drug-likeness (QED) is 0.422. The third-order valence-corrected chi connectivity index (χ3v) is 4.12. The van der Waals surface area contributed by atoms with Crippen molar-refractivity contribution in [1.82, 2.24) is 10.2 Å². The summed E-state index contributed by atoms with van der Waals surface area (Å²) < 4.78 is 31.8. The standard InChI is InChI=1S/C14H14N2O5S/c17-14(16-18)7-6-11-3-1-5-13(9-11)22(19,20)15-10-12-4-2-8-21-12/h1-9,15,18H,10H2,(H,16,17)/b7-6+. The molecule has 0 aliphatic heterocycles. The molecule has 7 nitrogen and oxygen atoms in total. The lowest BCUT2D eigenvalue weighted by atomic mass is 10.2. The second-order valence-electron chi connectivity index (χ2n) is 4.29. The number of rotatable bonds is 6. The Balaban J connectivity index is 2.13. The molecular weight excluding hydrogens is 308 g/mol. The van der Waals surface area contributed by atoms with Crippen molar-refractivity contribution in [2.75, 3.05) is 0 Å². The first-order valence-electron chi connectivity index (χ1n) is 6.25. The fourth-order valence-corrected chi connectivity index (χ4v) is 2.71. The molecule has 0 saturated heterocycles. The molecule has 0 aliphatic carbocycles. The van der Waals surface area contributed by atoms with Crippen molar-refractivity contribution >= 4 is 22.0 Å². The van der Waals surface area contributed by atoms with E-state index >= 15 is 0 Å². The Morgan fingerprint density at radius 1 is 1.27 bits per heavy atom. The fraction of sp³-hybridized carbons (Fsp3) is 0.0714. The highest BCUT2D eigenvalue weighted by Gasteiger charge is 2.14. The maximum absolute atomic E-state index is 12.2. The smallest absolute Gasteiger partial charge is 0.267 e. The number of hydrogen-bond donors (Lipinski definition) is 3. The minimum atomic E-state index is -3.70. The zero-order chi connectivity index (χ0) is 16.0. The number of sulfonamides is 1. The van der Waals surface area contributed by atoms with Crippen molar-refractivity contribution in [3.63, 3.8) is 0 Å². The molecule has 0 atom stereocenters. The van der Waals surface area contributed by atoms with Gasteiger partial charge in [-0.25, -0.2) is 18.6 Å². The van der Waals surface area contributed by atoms with Crippen molar-refractivity contribution in [3.8, 4) is 0 Å². The molecule has 22 heavy (non-hydrogen) atoms. The van der Waals surface area contributed by atoms with Crippen LogP contribution in [0.25, 0.3) is 6.08 Å². The van der Waals surface area contributed by atoms with E-state index in [1.165, 1.54) is 30.0 Å². The molecule has 0 radical (unpaired) electrons. The summed E-state index contributed by atoms with van der Waals surface area (Å²) in [7, 11) is -3.70. The van der Waals surface area contributed by atoms with Crippen LogP contribution >= 0.6 is 0 Å². The van der Waals surface area contributed by atoms with Gasteiger partial charge in [0, 0.05) is 6.08 Å². The molecule has 0 aliphatic rings. The molecular formula is C14H14N2O5S. The second kappa shape index (κ2) is 7.03. The van der Waals surface area contributed by atoms with Crippen LogP contribution in [0.4, 0.5) is 0 Å². The predicted molar refractivity (Wildman–Crippen MR) is 78.1 cm³/mol. The van der Waals surface area contributed by atoms with Gasteiger partial charge in [-0.05, 0) is 35.9 Å². The number of hydroxylamine groups is 1. The highest BCUT2D eigenvalue weighted by atomic mass is 32.2. The van der Waals surface area contributed by atoms with E-state index in [1.807, 2.05) is 0 Å². The van der Waals surface area contributed by atoms with Crippen molar-refractivity contribution in [1.29, 1.82) is 0 Å². The summed E-state index contributed by atoms with van der Waals surface area (Å²) >= 11 is 0. The Hall–Kier alpha value is -2.42. The number of furan rings is 1. The van der Waals surface area contributed by atoms with E-state index in [4.69, 9.17) is 9.62 Å². The van der Waals surface area contributed by atoms with Crippen LogP contribution in [0, 0.1) is 0 Å². The molecule has 2 rings (SSSR count). The van der Waals surface area contributed by atoms with Crippen LogP contribution in [0.2, 0.25) is 0 Å². The third kappa shape index (κ3) is 4.29. The van der Waals surface area contributed by atoms with Gasteiger partial charge < -0.3 is 4.42 Å². The van der Waals surface area contributed by atoms with Gasteiger partial charge >= 0.3 is 0 Å². The lowest BCUT2D eigenvalue weighted by molar-refractivity contribution is -0.124. The summed E-state index contributed by atoms with van der Waals surface area (Å²) in [5.74, 6) is -0.205. The van der Waals surface area contributed by atoms with Crippen molar-refractivity contribution in [2.24, 2.45) is 0 Å². The first kappa shape index (κ1) is 16.0. The first-order valence-corrected chi connectivity index (χ1v) is 7.74. The van der Waals surface area contributed by atoms with E-state index in [1.54, 1.807) is 24.3 Å². The summed E-state index contributed by atoms with van der Waals surface area (Å²) in [5.41, 5.74) is 1.95. The van der Waals surface area contributed by atoms with Crippen LogP contribution in [-0.4, -0.2) is 19.5 Å². The molecule has 1 heterocycles. The Labute approximate surface area is 127 Å². The van der Waals surface area contributed by atoms with E-state index in [0.717, 1.165) is 6.08 Å². The molecule has 1 amide bonds. The van der Waals surface area contributed by atoms with Crippen LogP contribution in [0.15, 0.2) is 58.1 Å². The molecule has 0 spiro atoms. The van der Waals surface area contributed by atoms with Gasteiger partial charge in [-0.2, -0.15) is 0 Å². The topological polar surface area (TPSA) is 109 Å². The van der Waals surface area contributed by atoms with Gasteiger partial charge in [-0.3, -0.25) is 10.0 Å². The Morgan fingerprint density at radius 2 is 2.09 bits per heavy atom. The summed E-state index contributed by atoms with van der Waals surface area (Å²) in [6.45, 7) is 0.0440. The maximum atomic E-state index is 12.2. The number of carbonyl (C=O) groups is 1. The van der Waals surface area contributed by atoms with Crippen LogP contribution < -0.4 is 10.2 Å². The molecule has 0 unspecified atom stereocenters. The third-order valence-electron chi connectivity index (χ3n) is 2.72. The zero-order valence-electron chi connectivity index (χ0n) is 11.4. The maximum Gasteiger partial charge on any atom is 0.267 e. The van der Waals surface area contributed by atoms with E-state index in [2.05, 4.69) is 4.72 Å². The van der Waals surface area contributed by atoms with Crippen molar-refractivity contribution in [3.05, 3.63) is 60.1 Å². The van der Waals surface area contributed by atoms with Crippen LogP contribution in [0.1, 0.15) is 11.3 Å². The van der Waals surface area contributed by atoms with Gasteiger partial charge in [-0.1, -0.05) is 12.1 Å². The minimum Gasteiger partial charge on any atom is -0.468 e. The molecule has 0 bridgehead atoms. The number of amides is 1. The van der Waals surface area contributed by atoms with Gasteiger partial charge in [0.2, 0.25) is 10.0 Å². The molecule has 116 valence electrons. The monoisotopic (exact) mass is 322 g/mol. The zero-order valence-corrected chi connectivity index (χ0v) is 12.2. The van der Waals surface area contributed by atoms with Gasteiger partial charge in [0.1, 0.15) is 5.76 Å². The molecule has 3 N–H and O–H groups in total. The molecule has 8 heteroatoms. The van der Waals surface area contributed by atoms with Crippen LogP contribution in [0.5, 0.6) is 0 Å². The SMILES string of the molecule is O=C(/C=C/c1cccc(S(=O)(=O)NCc2ccco2)c1)NO. The summed E-state index contributed by atoms with van der Waals surface area (Å²) in [5, 5.41) is 8.39. The first-order chi connectivity index (χ1) is 10.5. The molecule has 2 aromatic rings. The van der Waals surface area contributed by atoms with Crippen molar-refractivity contribution in [2.45, 2.75) is 11.4 Å². The molecule has 1 aromatic carbocycles. The summed E-state index contributed by atoms with van der Waals surface area (Å²) in [6.07, 6.45) is 3.93. The van der Waals surface area contributed by atoms with E-state index in [-0.39, 0.29) is 11.4 Å². The Morgan fingerprint density at radius 3 is 2.77 bits per heavy atom. The predicted octanol–water partition coefficient (Wildman–Crippen LogP) is 1.28. The second-order valence-corrected chi connectivity index (χ2v) is 6.05. The van der Waals surface area contributed by atoms with Gasteiger partial charge in [0.05, 0.1) is 17.7 Å². The minimum absolute atomic E-state index is 0.0440. The average Bonchev–Trinajstić information content (AvgIpc) is 3.04. The Bertz CT molecular complexity index is 766. The molecule has 0 saturated carbocycles. The fourth-order valence-electron chi connectivity index (χ4n) is 1.66. The number of hydrogen-bond acceptors (Lipinski definition) is 5. The van der Waals surface area contributed by atoms with E-state index in [0.29, 0.717) is 11.3 Å².